The average molecular weight is 450 g/mol. The van der Waals surface area contributed by atoms with E-state index in [2.05, 4.69) is 0 Å². The summed E-state index contributed by atoms with van der Waals surface area (Å²) < 4.78 is 6.00. The Morgan fingerprint density at radius 3 is 2.37 bits per heavy atom. The van der Waals surface area contributed by atoms with E-state index in [0.717, 1.165) is 24.0 Å². The molecular weight excluding hydrogens is 425 g/mol. The van der Waals surface area contributed by atoms with Crippen molar-refractivity contribution in [3.8, 4) is 0 Å². The van der Waals surface area contributed by atoms with Crippen LogP contribution in [0.1, 0.15) is 49.8 Å². The van der Waals surface area contributed by atoms with E-state index in [1.165, 1.54) is 0 Å². The van der Waals surface area contributed by atoms with Gasteiger partial charge in [-0.2, -0.15) is 0 Å². The summed E-state index contributed by atoms with van der Waals surface area (Å²) in [6.07, 6.45) is 1.55. The standard InChI is InChI=1S/C23H25Cl2NO4/c1-14(11-19(26)22(28)29)12-20(27)30-21(15-5-7-17(24)8-6-15)23(9-10-23)16-3-2-4-18(25)13-16/h2-8,13-14,19,21H,9-12,26H2,1H3,(H,28,29)/t14?,19-,21?/m0/s1. The predicted octanol–water partition coefficient (Wildman–Crippen LogP) is 5.14. The number of nitrogens with two attached hydrogens (primary N) is 1. The highest BCUT2D eigenvalue weighted by molar-refractivity contribution is 6.30. The predicted molar refractivity (Wildman–Crippen MR) is 117 cm³/mol. The molecule has 7 heteroatoms. The molecule has 0 saturated heterocycles. The van der Waals surface area contributed by atoms with Crippen molar-refractivity contribution in [2.45, 2.75) is 50.2 Å². The number of esters is 1. The summed E-state index contributed by atoms with van der Waals surface area (Å²) in [5.74, 6) is -1.67. The number of rotatable bonds is 9. The van der Waals surface area contributed by atoms with Crippen molar-refractivity contribution in [3.63, 3.8) is 0 Å². The van der Waals surface area contributed by atoms with Crippen LogP contribution >= 0.6 is 23.2 Å². The first-order valence-corrected chi connectivity index (χ1v) is 10.7. The van der Waals surface area contributed by atoms with Crippen LogP contribution in [0, 0.1) is 5.92 Å². The van der Waals surface area contributed by atoms with Crippen LogP contribution in [-0.2, 0) is 19.7 Å². The Hall–Kier alpha value is -2.08. The van der Waals surface area contributed by atoms with E-state index >= 15 is 0 Å². The van der Waals surface area contributed by atoms with Crippen LogP contribution in [0.15, 0.2) is 48.5 Å². The summed E-state index contributed by atoms with van der Waals surface area (Å²) in [4.78, 5) is 23.7. The van der Waals surface area contributed by atoms with Gasteiger partial charge in [0.25, 0.3) is 0 Å². The van der Waals surface area contributed by atoms with Gasteiger partial charge in [0.15, 0.2) is 0 Å². The molecule has 30 heavy (non-hydrogen) atoms. The van der Waals surface area contributed by atoms with E-state index in [9.17, 15) is 9.59 Å². The summed E-state index contributed by atoms with van der Waals surface area (Å²) in [5.41, 5.74) is 7.15. The molecule has 0 aromatic heterocycles. The monoisotopic (exact) mass is 449 g/mol. The molecule has 3 rings (SSSR count). The Kier molecular flexibility index (Phi) is 7.06. The van der Waals surface area contributed by atoms with Gasteiger partial charge in [-0.1, -0.05) is 54.4 Å². The molecule has 2 unspecified atom stereocenters. The number of benzene rings is 2. The van der Waals surface area contributed by atoms with Gasteiger partial charge < -0.3 is 15.6 Å². The number of carbonyl (C=O) groups excluding carboxylic acids is 1. The van der Waals surface area contributed by atoms with Crippen LogP contribution in [0.4, 0.5) is 0 Å². The van der Waals surface area contributed by atoms with Crippen LogP contribution in [-0.4, -0.2) is 23.1 Å². The molecule has 1 saturated carbocycles. The summed E-state index contributed by atoms with van der Waals surface area (Å²) in [7, 11) is 0. The lowest BCUT2D eigenvalue weighted by molar-refractivity contribution is -0.153. The van der Waals surface area contributed by atoms with Gasteiger partial charge in [0, 0.05) is 21.9 Å². The fourth-order valence-electron chi connectivity index (χ4n) is 3.85. The van der Waals surface area contributed by atoms with Gasteiger partial charge in [-0.25, -0.2) is 0 Å². The highest BCUT2D eigenvalue weighted by Gasteiger charge is 2.53. The van der Waals surface area contributed by atoms with E-state index in [1.807, 2.05) is 36.4 Å². The zero-order valence-electron chi connectivity index (χ0n) is 16.7. The Labute approximate surface area is 186 Å². The second-order valence-electron chi connectivity index (χ2n) is 8.08. The Balaban J connectivity index is 1.82. The molecule has 3 N–H and O–H groups in total. The van der Waals surface area contributed by atoms with Crippen molar-refractivity contribution in [2.24, 2.45) is 11.7 Å². The average Bonchev–Trinajstić information content (AvgIpc) is 3.48. The van der Waals surface area contributed by atoms with Crippen LogP contribution < -0.4 is 5.73 Å². The van der Waals surface area contributed by atoms with Crippen molar-refractivity contribution in [2.75, 3.05) is 0 Å². The fourth-order valence-corrected chi connectivity index (χ4v) is 4.17. The number of carboxylic acids is 1. The summed E-state index contributed by atoms with van der Waals surface area (Å²) in [6, 6.07) is 13.9. The van der Waals surface area contributed by atoms with Crippen molar-refractivity contribution in [1.82, 2.24) is 0 Å². The molecule has 0 bridgehead atoms. The molecule has 160 valence electrons. The second kappa shape index (κ2) is 9.38. The molecule has 0 amide bonds. The van der Waals surface area contributed by atoms with E-state index in [4.69, 9.17) is 38.8 Å². The number of carbonyl (C=O) groups is 2. The molecular formula is C23H25Cl2NO4. The van der Waals surface area contributed by atoms with Crippen molar-refractivity contribution in [1.29, 1.82) is 0 Å². The van der Waals surface area contributed by atoms with Crippen LogP contribution in [0.5, 0.6) is 0 Å². The smallest absolute Gasteiger partial charge is 0.320 e. The molecule has 1 aliphatic rings. The van der Waals surface area contributed by atoms with Gasteiger partial charge in [-0.15, -0.1) is 0 Å². The third-order valence-corrected chi connectivity index (χ3v) is 6.09. The second-order valence-corrected chi connectivity index (χ2v) is 8.95. The minimum Gasteiger partial charge on any atom is -0.480 e. The lowest BCUT2D eigenvalue weighted by Crippen LogP contribution is -2.32. The molecule has 0 spiro atoms. The van der Waals surface area contributed by atoms with Crippen LogP contribution in [0.25, 0.3) is 0 Å². The molecule has 0 aliphatic heterocycles. The fraction of sp³-hybridized carbons (Fsp3) is 0.391. The number of halogens is 2. The molecule has 5 nitrogen and oxygen atoms in total. The zero-order chi connectivity index (χ0) is 21.9. The van der Waals surface area contributed by atoms with Crippen molar-refractivity contribution < 1.29 is 19.4 Å². The van der Waals surface area contributed by atoms with E-state index in [-0.39, 0.29) is 30.1 Å². The van der Waals surface area contributed by atoms with Gasteiger partial charge >= 0.3 is 11.9 Å². The topological polar surface area (TPSA) is 89.6 Å². The summed E-state index contributed by atoms with van der Waals surface area (Å²) >= 11 is 12.3. The zero-order valence-corrected chi connectivity index (χ0v) is 18.2. The van der Waals surface area contributed by atoms with Gasteiger partial charge in [-0.05, 0) is 60.6 Å². The van der Waals surface area contributed by atoms with E-state index in [0.29, 0.717) is 10.0 Å². The Morgan fingerprint density at radius 2 is 1.80 bits per heavy atom. The number of carboxylic acid groups (broad SMARTS) is 1. The minimum atomic E-state index is -1.08. The highest BCUT2D eigenvalue weighted by Crippen LogP contribution is 2.58. The molecule has 1 aliphatic carbocycles. The maximum absolute atomic E-state index is 12.8. The minimum absolute atomic E-state index is 0.0939. The van der Waals surface area contributed by atoms with Gasteiger partial charge in [0.05, 0.1) is 0 Å². The largest absolute Gasteiger partial charge is 0.480 e. The number of hydrogen-bond acceptors (Lipinski definition) is 4. The number of hydrogen-bond donors (Lipinski definition) is 2. The van der Waals surface area contributed by atoms with Crippen molar-refractivity contribution in [3.05, 3.63) is 69.7 Å². The quantitative estimate of drug-likeness (QED) is 0.517. The third-order valence-electron chi connectivity index (χ3n) is 5.60. The maximum atomic E-state index is 12.8. The molecule has 1 fully saturated rings. The van der Waals surface area contributed by atoms with Gasteiger partial charge in [0.2, 0.25) is 0 Å². The first-order chi connectivity index (χ1) is 14.2. The van der Waals surface area contributed by atoms with E-state index in [1.54, 1.807) is 19.1 Å². The lowest BCUT2D eigenvalue weighted by atomic mass is 9.85. The number of aliphatic carboxylic acids is 1. The van der Waals surface area contributed by atoms with Crippen LogP contribution in [0.3, 0.4) is 0 Å². The number of ether oxygens (including phenoxy) is 1. The molecule has 3 atom stereocenters. The van der Waals surface area contributed by atoms with Gasteiger partial charge in [0.1, 0.15) is 12.1 Å². The maximum Gasteiger partial charge on any atom is 0.320 e. The van der Waals surface area contributed by atoms with E-state index < -0.39 is 18.1 Å². The summed E-state index contributed by atoms with van der Waals surface area (Å²) in [6.45, 7) is 1.80. The molecule has 0 radical (unpaired) electrons. The molecule has 2 aromatic rings. The highest BCUT2D eigenvalue weighted by atomic mass is 35.5. The normalized spacial score (nSPS) is 17.6. The first kappa shape index (κ1) is 22.6. The SMILES string of the molecule is CC(CC(=O)OC(c1ccc(Cl)cc1)C1(c2cccc(Cl)c2)CC1)C[C@H](N)C(=O)O. The summed E-state index contributed by atoms with van der Waals surface area (Å²) in [5, 5.41) is 10.2. The van der Waals surface area contributed by atoms with Gasteiger partial charge in [-0.3, -0.25) is 9.59 Å². The van der Waals surface area contributed by atoms with Crippen molar-refractivity contribution >= 4 is 35.1 Å². The lowest BCUT2D eigenvalue weighted by Gasteiger charge is -2.29. The molecule has 2 aromatic carbocycles. The third kappa shape index (κ3) is 5.34. The first-order valence-electron chi connectivity index (χ1n) is 9.90. The Morgan fingerprint density at radius 1 is 1.13 bits per heavy atom. The molecule has 0 heterocycles. The Bertz CT molecular complexity index is 912. The van der Waals surface area contributed by atoms with Crippen LogP contribution in [0.2, 0.25) is 10.0 Å².